The van der Waals surface area contributed by atoms with Gasteiger partial charge in [0.05, 0.1) is 0 Å². The van der Waals surface area contributed by atoms with Crippen molar-refractivity contribution in [3.05, 3.63) is 0 Å². The molecule has 12 heavy (non-hydrogen) atoms. The van der Waals surface area contributed by atoms with Gasteiger partial charge in [0, 0.05) is 4.75 Å². The number of unbranched alkanes of at least 4 members (excludes halogenated alkanes) is 2. The van der Waals surface area contributed by atoms with Crippen LogP contribution in [0.3, 0.4) is 0 Å². The zero-order chi connectivity index (χ0) is 9.61. The molecule has 0 amide bonds. The van der Waals surface area contributed by atoms with E-state index in [1.54, 1.807) is 0 Å². The molecule has 0 spiro atoms. The molecule has 0 atom stereocenters. The first-order chi connectivity index (χ1) is 5.48. The van der Waals surface area contributed by atoms with Crippen molar-refractivity contribution in [3.63, 3.8) is 0 Å². The molecule has 1 nitrogen and oxygen atoms in total. The van der Waals surface area contributed by atoms with E-state index in [0.717, 1.165) is 0 Å². The van der Waals surface area contributed by atoms with Crippen molar-refractivity contribution in [3.8, 4) is 0 Å². The summed E-state index contributed by atoms with van der Waals surface area (Å²) in [5, 5.41) is 0. The fourth-order valence-electron chi connectivity index (χ4n) is 1.34. The highest BCUT2D eigenvalue weighted by molar-refractivity contribution is 7.98. The Morgan fingerprint density at radius 1 is 1.17 bits per heavy atom. The van der Waals surface area contributed by atoms with Gasteiger partial charge in [0.1, 0.15) is 0 Å². The molecule has 0 saturated carbocycles. The van der Waals surface area contributed by atoms with Gasteiger partial charge in [-0.25, -0.2) is 0 Å². The second-order valence-corrected chi connectivity index (χ2v) is 6.14. The highest BCUT2D eigenvalue weighted by Crippen LogP contribution is 2.30. The third kappa shape index (κ3) is 6.99. The Kier molecular flexibility index (Phi) is 6.02. The second-order valence-electron chi connectivity index (χ2n) is 4.12. The summed E-state index contributed by atoms with van der Waals surface area (Å²) < 4.78 is 2.62. The molecule has 2 heteroatoms. The number of hydrogen-bond acceptors (Lipinski definition) is 2. The fourth-order valence-corrected chi connectivity index (χ4v) is 2.56. The maximum absolute atomic E-state index is 2.33. The maximum atomic E-state index is 2.33. The molecule has 0 aromatic heterocycles. The van der Waals surface area contributed by atoms with E-state index in [4.69, 9.17) is 0 Å². The molecule has 0 N–H and O–H groups in total. The monoisotopic (exact) mass is 189 g/mol. The van der Waals surface area contributed by atoms with Gasteiger partial charge in [-0.05, 0) is 34.4 Å². The van der Waals surface area contributed by atoms with Crippen molar-refractivity contribution >= 4 is 11.9 Å². The van der Waals surface area contributed by atoms with Gasteiger partial charge in [-0.1, -0.05) is 38.1 Å². The third-order valence-corrected chi connectivity index (χ3v) is 2.88. The van der Waals surface area contributed by atoms with E-state index in [9.17, 15) is 0 Å². The minimum Gasteiger partial charge on any atom is -0.256 e. The van der Waals surface area contributed by atoms with Gasteiger partial charge < -0.3 is 0 Å². The fraction of sp³-hybridized carbons (Fsp3) is 1.00. The zero-order valence-corrected chi connectivity index (χ0v) is 10.0. The molecule has 0 radical (unpaired) electrons. The molecule has 74 valence electrons. The smallest absolute Gasteiger partial charge is 0.0250 e. The van der Waals surface area contributed by atoms with Crippen LogP contribution in [0.25, 0.3) is 0 Å². The highest BCUT2D eigenvalue weighted by Gasteiger charge is 2.18. The number of nitrogens with zero attached hydrogens (tertiary/aromatic N) is 1. The second kappa shape index (κ2) is 5.87. The van der Waals surface area contributed by atoms with E-state index in [-0.39, 0.29) is 0 Å². The van der Waals surface area contributed by atoms with Crippen molar-refractivity contribution in [1.29, 1.82) is 0 Å². The van der Waals surface area contributed by atoms with E-state index in [2.05, 4.69) is 39.2 Å². The van der Waals surface area contributed by atoms with Gasteiger partial charge in [0.2, 0.25) is 0 Å². The van der Waals surface area contributed by atoms with E-state index in [1.807, 2.05) is 11.9 Å². The van der Waals surface area contributed by atoms with Crippen LogP contribution in [0.15, 0.2) is 0 Å². The SMILES string of the molecule is CCCCCC(C)(C)SN(C)C. The minimum atomic E-state index is 0.415. The first-order valence-electron chi connectivity index (χ1n) is 4.84. The molecule has 0 bridgehead atoms. The summed E-state index contributed by atoms with van der Waals surface area (Å²) in [6.07, 6.45) is 5.38. The van der Waals surface area contributed by atoms with Crippen LogP contribution in [0.5, 0.6) is 0 Å². The maximum Gasteiger partial charge on any atom is 0.0250 e. The summed E-state index contributed by atoms with van der Waals surface area (Å²) in [6.45, 7) is 6.91. The predicted molar refractivity (Wildman–Crippen MR) is 59.5 cm³/mol. The van der Waals surface area contributed by atoms with Crippen LogP contribution in [0.2, 0.25) is 0 Å². The van der Waals surface area contributed by atoms with E-state index >= 15 is 0 Å². The molecule has 0 aromatic carbocycles. The van der Waals surface area contributed by atoms with Crippen molar-refractivity contribution in [2.45, 2.75) is 51.2 Å². The average Bonchev–Trinajstić information content (AvgIpc) is 1.84. The molecule has 0 aliphatic heterocycles. The lowest BCUT2D eigenvalue weighted by Gasteiger charge is -2.26. The van der Waals surface area contributed by atoms with E-state index in [1.165, 1.54) is 25.7 Å². The lowest BCUT2D eigenvalue weighted by Crippen LogP contribution is -2.20. The Hall–Kier alpha value is 0.310. The molecule has 0 rings (SSSR count). The molecule has 0 aromatic rings. The van der Waals surface area contributed by atoms with E-state index < -0.39 is 0 Å². The normalized spacial score (nSPS) is 12.5. The Morgan fingerprint density at radius 3 is 2.17 bits per heavy atom. The Balaban J connectivity index is 3.56. The summed E-state index contributed by atoms with van der Waals surface area (Å²) in [7, 11) is 4.23. The summed E-state index contributed by atoms with van der Waals surface area (Å²) in [4.78, 5) is 0. The summed E-state index contributed by atoms with van der Waals surface area (Å²) in [6, 6.07) is 0. The average molecular weight is 189 g/mol. The standard InChI is InChI=1S/C10H23NS/c1-6-7-8-9-10(2,3)12-11(4)5/h6-9H2,1-5H3. The number of hydrogen-bond donors (Lipinski definition) is 0. The van der Waals surface area contributed by atoms with Gasteiger partial charge in [-0.15, -0.1) is 0 Å². The Morgan fingerprint density at radius 2 is 1.75 bits per heavy atom. The van der Waals surface area contributed by atoms with Gasteiger partial charge in [0.25, 0.3) is 0 Å². The summed E-state index contributed by atoms with van der Waals surface area (Å²) >= 11 is 1.94. The summed E-state index contributed by atoms with van der Waals surface area (Å²) in [5.41, 5.74) is 0. The molecule has 0 unspecified atom stereocenters. The van der Waals surface area contributed by atoms with Gasteiger partial charge in [-0.2, -0.15) is 0 Å². The topological polar surface area (TPSA) is 3.24 Å². The third-order valence-electron chi connectivity index (χ3n) is 1.81. The van der Waals surface area contributed by atoms with E-state index in [0.29, 0.717) is 4.75 Å². The van der Waals surface area contributed by atoms with Crippen molar-refractivity contribution in [1.82, 2.24) is 4.31 Å². The molecule has 0 aliphatic carbocycles. The highest BCUT2D eigenvalue weighted by atomic mass is 32.2. The predicted octanol–water partition coefficient (Wildman–Crippen LogP) is 3.56. The van der Waals surface area contributed by atoms with Crippen LogP contribution in [-0.2, 0) is 0 Å². The largest absolute Gasteiger partial charge is 0.256 e. The minimum absolute atomic E-state index is 0.415. The van der Waals surface area contributed by atoms with Crippen LogP contribution < -0.4 is 0 Å². The first kappa shape index (κ1) is 12.3. The lowest BCUT2D eigenvalue weighted by molar-refractivity contribution is 0.554. The van der Waals surface area contributed by atoms with Gasteiger partial charge in [-0.3, -0.25) is 4.31 Å². The molecule has 0 aliphatic rings. The molecule has 0 heterocycles. The Bertz CT molecular complexity index is 110. The molecular formula is C10H23NS. The molecule has 0 fully saturated rings. The summed E-state index contributed by atoms with van der Waals surface area (Å²) in [5.74, 6) is 0. The molecule has 0 saturated heterocycles. The Labute approximate surface area is 82.0 Å². The number of rotatable bonds is 6. The van der Waals surface area contributed by atoms with Crippen LogP contribution >= 0.6 is 11.9 Å². The van der Waals surface area contributed by atoms with Crippen molar-refractivity contribution in [2.75, 3.05) is 14.1 Å². The lowest BCUT2D eigenvalue weighted by atomic mass is 10.0. The van der Waals surface area contributed by atoms with Crippen LogP contribution in [0.4, 0.5) is 0 Å². The quantitative estimate of drug-likeness (QED) is 0.464. The van der Waals surface area contributed by atoms with Crippen LogP contribution in [-0.4, -0.2) is 23.1 Å². The van der Waals surface area contributed by atoms with Gasteiger partial charge in [0.15, 0.2) is 0 Å². The first-order valence-corrected chi connectivity index (χ1v) is 5.62. The van der Waals surface area contributed by atoms with Crippen LogP contribution in [0, 0.1) is 0 Å². The molecular weight excluding hydrogens is 166 g/mol. The van der Waals surface area contributed by atoms with Gasteiger partial charge >= 0.3 is 0 Å². The van der Waals surface area contributed by atoms with Crippen molar-refractivity contribution in [2.24, 2.45) is 0 Å². The van der Waals surface area contributed by atoms with Crippen molar-refractivity contribution < 1.29 is 0 Å². The zero-order valence-electron chi connectivity index (χ0n) is 9.18. The van der Waals surface area contributed by atoms with Crippen LogP contribution in [0.1, 0.15) is 46.5 Å².